The van der Waals surface area contributed by atoms with Gasteiger partial charge < -0.3 is 10.6 Å². The van der Waals surface area contributed by atoms with Gasteiger partial charge in [-0.25, -0.2) is 0 Å². The zero-order valence-electron chi connectivity index (χ0n) is 8.79. The zero-order valence-corrected chi connectivity index (χ0v) is 8.79. The summed E-state index contributed by atoms with van der Waals surface area (Å²) in [4.78, 5) is 4.07. The van der Waals surface area contributed by atoms with E-state index in [2.05, 4.69) is 28.6 Å². The van der Waals surface area contributed by atoms with E-state index < -0.39 is 0 Å². The maximum absolute atomic E-state index is 4.07. The van der Waals surface area contributed by atoms with E-state index in [4.69, 9.17) is 0 Å². The van der Waals surface area contributed by atoms with Crippen LogP contribution in [-0.2, 0) is 6.42 Å². The molecular formula is C11H19N3. The molecule has 14 heavy (non-hydrogen) atoms. The van der Waals surface area contributed by atoms with Crippen LogP contribution < -0.4 is 10.6 Å². The van der Waals surface area contributed by atoms with E-state index in [1.165, 1.54) is 5.56 Å². The highest BCUT2D eigenvalue weighted by Crippen LogP contribution is 1.94. The van der Waals surface area contributed by atoms with Gasteiger partial charge in [-0.3, -0.25) is 4.98 Å². The van der Waals surface area contributed by atoms with Gasteiger partial charge in [0.05, 0.1) is 0 Å². The molecule has 3 nitrogen and oxygen atoms in total. The first-order valence-corrected chi connectivity index (χ1v) is 5.24. The summed E-state index contributed by atoms with van der Waals surface area (Å²) in [7, 11) is 0. The predicted molar refractivity (Wildman–Crippen MR) is 59.4 cm³/mol. The minimum absolute atomic E-state index is 1.02. The lowest BCUT2D eigenvalue weighted by atomic mass is 10.2. The number of hydrogen-bond acceptors (Lipinski definition) is 3. The Kier molecular flexibility index (Phi) is 5.95. The van der Waals surface area contributed by atoms with Crippen molar-refractivity contribution in [2.75, 3.05) is 26.2 Å². The highest BCUT2D eigenvalue weighted by molar-refractivity contribution is 5.08. The predicted octanol–water partition coefficient (Wildman–Crippen LogP) is 0.823. The number of nitrogens with zero attached hydrogens (tertiary/aromatic N) is 1. The smallest absolute Gasteiger partial charge is 0.0300 e. The van der Waals surface area contributed by atoms with E-state index in [-0.39, 0.29) is 0 Å². The fraction of sp³-hybridized carbons (Fsp3) is 0.545. The Hall–Kier alpha value is -0.930. The molecule has 0 aromatic carbocycles. The average molecular weight is 193 g/mol. The Morgan fingerprint density at radius 3 is 2.79 bits per heavy atom. The molecular weight excluding hydrogens is 174 g/mol. The summed E-state index contributed by atoms with van der Waals surface area (Å²) in [5.41, 5.74) is 1.29. The molecule has 0 aliphatic carbocycles. The molecule has 1 aromatic heterocycles. The number of nitrogens with one attached hydrogen (secondary N) is 2. The molecule has 1 rings (SSSR count). The first-order chi connectivity index (χ1) is 6.93. The lowest BCUT2D eigenvalue weighted by Gasteiger charge is -2.04. The molecule has 1 heterocycles. The second-order valence-corrected chi connectivity index (χ2v) is 3.21. The van der Waals surface area contributed by atoms with Gasteiger partial charge in [-0.15, -0.1) is 0 Å². The van der Waals surface area contributed by atoms with Crippen LogP contribution in [0, 0.1) is 0 Å². The van der Waals surface area contributed by atoms with Crippen molar-refractivity contribution in [3.8, 4) is 0 Å². The monoisotopic (exact) mass is 193 g/mol. The Morgan fingerprint density at radius 1 is 1.21 bits per heavy atom. The number of rotatable bonds is 7. The van der Waals surface area contributed by atoms with Crippen LogP contribution in [0.4, 0.5) is 0 Å². The van der Waals surface area contributed by atoms with Crippen molar-refractivity contribution in [3.63, 3.8) is 0 Å². The van der Waals surface area contributed by atoms with Crippen LogP contribution in [0.5, 0.6) is 0 Å². The topological polar surface area (TPSA) is 37.0 Å². The van der Waals surface area contributed by atoms with Crippen molar-refractivity contribution in [2.24, 2.45) is 0 Å². The largest absolute Gasteiger partial charge is 0.316 e. The van der Waals surface area contributed by atoms with Gasteiger partial charge in [0.1, 0.15) is 0 Å². The Morgan fingerprint density at radius 2 is 2.07 bits per heavy atom. The summed E-state index contributed by atoms with van der Waals surface area (Å²) >= 11 is 0. The van der Waals surface area contributed by atoms with Crippen LogP contribution >= 0.6 is 0 Å². The third kappa shape index (κ3) is 4.94. The first kappa shape index (κ1) is 11.1. The minimum atomic E-state index is 1.02. The second kappa shape index (κ2) is 7.47. The van der Waals surface area contributed by atoms with Crippen molar-refractivity contribution in [3.05, 3.63) is 30.1 Å². The van der Waals surface area contributed by atoms with Crippen LogP contribution in [-0.4, -0.2) is 31.2 Å². The lowest BCUT2D eigenvalue weighted by molar-refractivity contribution is 0.624. The number of likely N-dealkylation sites (N-methyl/N-ethyl adjacent to an activating group) is 1. The molecule has 0 fully saturated rings. The third-order valence-corrected chi connectivity index (χ3v) is 2.04. The van der Waals surface area contributed by atoms with E-state index in [1.807, 2.05) is 18.5 Å². The van der Waals surface area contributed by atoms with Gasteiger partial charge >= 0.3 is 0 Å². The lowest BCUT2D eigenvalue weighted by Crippen LogP contribution is -2.28. The molecule has 78 valence electrons. The van der Waals surface area contributed by atoms with E-state index >= 15 is 0 Å². The summed E-state index contributed by atoms with van der Waals surface area (Å²) in [6.45, 7) is 6.27. The average Bonchev–Trinajstić information content (AvgIpc) is 2.25. The van der Waals surface area contributed by atoms with Crippen molar-refractivity contribution >= 4 is 0 Å². The molecule has 0 aliphatic heterocycles. The quantitative estimate of drug-likeness (QED) is 0.630. The molecule has 2 N–H and O–H groups in total. The Balaban J connectivity index is 1.99. The molecule has 0 saturated carbocycles. The first-order valence-electron chi connectivity index (χ1n) is 5.24. The summed E-state index contributed by atoms with van der Waals surface area (Å²) in [6.07, 6.45) is 4.79. The fourth-order valence-electron chi connectivity index (χ4n) is 1.26. The third-order valence-electron chi connectivity index (χ3n) is 2.04. The molecule has 3 heteroatoms. The SMILES string of the molecule is CCNCCNCCc1cccnc1. The highest BCUT2D eigenvalue weighted by Gasteiger charge is 1.91. The number of aromatic nitrogens is 1. The molecule has 0 saturated heterocycles. The summed E-state index contributed by atoms with van der Waals surface area (Å²) < 4.78 is 0. The Labute approximate surface area is 85.9 Å². The second-order valence-electron chi connectivity index (χ2n) is 3.21. The summed E-state index contributed by atoms with van der Waals surface area (Å²) in [5.74, 6) is 0. The highest BCUT2D eigenvalue weighted by atomic mass is 14.9. The van der Waals surface area contributed by atoms with Gasteiger partial charge in [-0.2, -0.15) is 0 Å². The van der Waals surface area contributed by atoms with Gasteiger partial charge in [0.2, 0.25) is 0 Å². The van der Waals surface area contributed by atoms with Crippen molar-refractivity contribution < 1.29 is 0 Å². The molecule has 0 atom stereocenters. The van der Waals surface area contributed by atoms with Crippen LogP contribution in [0.25, 0.3) is 0 Å². The summed E-state index contributed by atoms with van der Waals surface area (Å²) in [5, 5.41) is 6.65. The van der Waals surface area contributed by atoms with E-state index in [0.717, 1.165) is 32.6 Å². The molecule has 0 spiro atoms. The standard InChI is InChI=1S/C11H19N3/c1-2-12-8-9-13-7-5-11-4-3-6-14-10-11/h3-4,6,10,12-13H,2,5,7-9H2,1H3. The minimum Gasteiger partial charge on any atom is -0.316 e. The molecule has 1 aromatic rings. The zero-order chi connectivity index (χ0) is 10.1. The molecule has 0 unspecified atom stereocenters. The summed E-state index contributed by atoms with van der Waals surface area (Å²) in [6, 6.07) is 4.09. The van der Waals surface area contributed by atoms with Crippen LogP contribution in [0.3, 0.4) is 0 Å². The van der Waals surface area contributed by atoms with Gasteiger partial charge in [0.15, 0.2) is 0 Å². The van der Waals surface area contributed by atoms with Crippen LogP contribution in [0.1, 0.15) is 12.5 Å². The maximum atomic E-state index is 4.07. The van der Waals surface area contributed by atoms with Crippen molar-refractivity contribution in [2.45, 2.75) is 13.3 Å². The normalized spacial score (nSPS) is 10.4. The number of pyridine rings is 1. The molecule has 0 aliphatic rings. The Bertz CT molecular complexity index is 223. The van der Waals surface area contributed by atoms with Gasteiger partial charge in [-0.05, 0) is 31.1 Å². The maximum Gasteiger partial charge on any atom is 0.0300 e. The van der Waals surface area contributed by atoms with Crippen molar-refractivity contribution in [1.82, 2.24) is 15.6 Å². The van der Waals surface area contributed by atoms with E-state index in [0.29, 0.717) is 0 Å². The van der Waals surface area contributed by atoms with E-state index in [1.54, 1.807) is 0 Å². The molecule has 0 amide bonds. The van der Waals surface area contributed by atoms with E-state index in [9.17, 15) is 0 Å². The van der Waals surface area contributed by atoms with Crippen molar-refractivity contribution in [1.29, 1.82) is 0 Å². The van der Waals surface area contributed by atoms with Crippen LogP contribution in [0.2, 0.25) is 0 Å². The fourth-order valence-corrected chi connectivity index (χ4v) is 1.26. The van der Waals surface area contributed by atoms with Gasteiger partial charge in [0.25, 0.3) is 0 Å². The van der Waals surface area contributed by atoms with Gasteiger partial charge in [-0.1, -0.05) is 13.0 Å². The number of hydrogen-bond donors (Lipinski definition) is 2. The van der Waals surface area contributed by atoms with Gasteiger partial charge in [0, 0.05) is 25.5 Å². The molecule has 0 bridgehead atoms. The molecule has 0 radical (unpaired) electrons. The van der Waals surface area contributed by atoms with Crippen LogP contribution in [0.15, 0.2) is 24.5 Å².